The van der Waals surface area contributed by atoms with Crippen molar-refractivity contribution in [3.8, 4) is 0 Å². The molecule has 0 aromatic heterocycles. The van der Waals surface area contributed by atoms with Gasteiger partial charge in [0.1, 0.15) is 6.04 Å². The van der Waals surface area contributed by atoms with Crippen LogP contribution in [0, 0.1) is 6.92 Å². The molecular weight excluding hydrogens is 460 g/mol. The molecule has 1 heterocycles. The second-order valence-corrected chi connectivity index (χ2v) is 8.37. The Morgan fingerprint density at radius 1 is 0.889 bits per heavy atom. The van der Waals surface area contributed by atoms with Gasteiger partial charge in [0.15, 0.2) is 0 Å². The number of nitrogens with zero attached hydrogens (tertiary/aromatic N) is 2. The molecule has 1 saturated heterocycles. The molecule has 9 nitrogen and oxygen atoms in total. The summed E-state index contributed by atoms with van der Waals surface area (Å²) in [5.41, 5.74) is 4.76. The highest BCUT2D eigenvalue weighted by Crippen LogP contribution is 2.27. The number of benzene rings is 3. The molecule has 1 aliphatic rings. The largest absolute Gasteiger partial charge is 0.326 e. The zero-order valence-corrected chi connectivity index (χ0v) is 19.7. The van der Waals surface area contributed by atoms with E-state index in [1.807, 2.05) is 13.0 Å². The average molecular weight is 485 g/mol. The smallest absolute Gasteiger partial charge is 0.273 e. The third kappa shape index (κ3) is 5.15. The third-order valence-corrected chi connectivity index (χ3v) is 5.62. The summed E-state index contributed by atoms with van der Waals surface area (Å²) < 4.78 is 0. The Morgan fingerprint density at radius 3 is 2.19 bits per heavy atom. The third-order valence-electron chi connectivity index (χ3n) is 5.62. The van der Waals surface area contributed by atoms with Crippen LogP contribution in [0.1, 0.15) is 39.6 Å². The van der Waals surface area contributed by atoms with Crippen LogP contribution < -0.4 is 15.6 Å². The number of hydrogen-bond acceptors (Lipinski definition) is 5. The first-order chi connectivity index (χ1) is 17.2. The van der Waals surface area contributed by atoms with Gasteiger partial charge in [-0.25, -0.2) is 9.91 Å². The summed E-state index contributed by atoms with van der Waals surface area (Å²) in [5, 5.41) is 3.55. The molecule has 1 unspecified atom stereocenters. The SMILES string of the molecule is CC(=O)Nc1ccc(N2C(=O)CC(N(NC(=O)c3cccc(C)c3)C(=O)c3ccccc3)C2=O)cc1. The molecule has 9 heteroatoms. The Bertz CT molecular complexity index is 1340. The topological polar surface area (TPSA) is 116 Å². The summed E-state index contributed by atoms with van der Waals surface area (Å²) in [4.78, 5) is 65.0. The molecule has 0 aliphatic carbocycles. The molecular formula is C27H24N4O5. The first-order valence-electron chi connectivity index (χ1n) is 11.3. The van der Waals surface area contributed by atoms with Crippen molar-refractivity contribution in [3.05, 3.63) is 95.6 Å². The quantitative estimate of drug-likeness (QED) is 0.427. The Morgan fingerprint density at radius 2 is 1.56 bits per heavy atom. The second-order valence-electron chi connectivity index (χ2n) is 8.37. The highest BCUT2D eigenvalue weighted by Gasteiger charge is 2.45. The lowest BCUT2D eigenvalue weighted by Gasteiger charge is -2.28. The van der Waals surface area contributed by atoms with E-state index in [1.54, 1.807) is 60.7 Å². The fourth-order valence-electron chi connectivity index (χ4n) is 3.94. The summed E-state index contributed by atoms with van der Waals surface area (Å²) in [7, 11) is 0. The lowest BCUT2D eigenvalue weighted by molar-refractivity contribution is -0.123. The van der Waals surface area contributed by atoms with Gasteiger partial charge in [0.05, 0.1) is 12.1 Å². The van der Waals surface area contributed by atoms with Gasteiger partial charge in [-0.15, -0.1) is 0 Å². The van der Waals surface area contributed by atoms with Crippen LogP contribution in [0.15, 0.2) is 78.9 Å². The number of rotatable bonds is 5. The standard InChI is InChI=1S/C27H24N4O5/c1-17-7-6-10-20(15-17)25(34)29-31(26(35)19-8-4-3-5-9-19)23-16-24(33)30(27(23)36)22-13-11-21(12-14-22)28-18(2)32/h3-15,23H,16H2,1-2H3,(H,28,32)(H,29,34). The minimum absolute atomic E-state index is 0.250. The Hall–Kier alpha value is -4.79. The van der Waals surface area contributed by atoms with Gasteiger partial charge in [-0.05, 0) is 55.5 Å². The van der Waals surface area contributed by atoms with E-state index in [4.69, 9.17) is 0 Å². The van der Waals surface area contributed by atoms with E-state index in [0.717, 1.165) is 15.5 Å². The molecule has 1 atom stereocenters. The van der Waals surface area contributed by atoms with E-state index < -0.39 is 29.7 Å². The van der Waals surface area contributed by atoms with Crippen LogP contribution in [0.3, 0.4) is 0 Å². The highest BCUT2D eigenvalue weighted by molar-refractivity contribution is 6.23. The van der Waals surface area contributed by atoms with Crippen molar-refractivity contribution in [2.75, 3.05) is 10.2 Å². The van der Waals surface area contributed by atoms with E-state index >= 15 is 0 Å². The number of carbonyl (C=O) groups excluding carboxylic acids is 5. The van der Waals surface area contributed by atoms with Gasteiger partial charge in [-0.2, -0.15) is 0 Å². The maximum absolute atomic E-state index is 13.4. The van der Waals surface area contributed by atoms with Crippen molar-refractivity contribution in [2.24, 2.45) is 0 Å². The Balaban J connectivity index is 1.64. The molecule has 1 aliphatic heterocycles. The minimum Gasteiger partial charge on any atom is -0.326 e. The van der Waals surface area contributed by atoms with Crippen molar-refractivity contribution >= 4 is 40.9 Å². The van der Waals surface area contributed by atoms with Crippen LogP contribution >= 0.6 is 0 Å². The van der Waals surface area contributed by atoms with Gasteiger partial charge in [0, 0.05) is 23.7 Å². The normalized spacial score (nSPS) is 14.9. The van der Waals surface area contributed by atoms with E-state index in [2.05, 4.69) is 10.7 Å². The van der Waals surface area contributed by atoms with Crippen LogP contribution in [0.5, 0.6) is 0 Å². The molecule has 0 radical (unpaired) electrons. The van der Waals surface area contributed by atoms with E-state index in [1.165, 1.54) is 19.1 Å². The maximum atomic E-state index is 13.4. The number of imide groups is 1. The number of hydrazine groups is 1. The molecule has 2 N–H and O–H groups in total. The lowest BCUT2D eigenvalue weighted by Crippen LogP contribution is -2.54. The van der Waals surface area contributed by atoms with Crippen molar-refractivity contribution in [1.29, 1.82) is 0 Å². The number of aryl methyl sites for hydroxylation is 1. The Labute approximate surface area is 207 Å². The summed E-state index contributed by atoms with van der Waals surface area (Å²) in [6, 6.07) is 19.9. The van der Waals surface area contributed by atoms with Crippen molar-refractivity contribution in [2.45, 2.75) is 26.3 Å². The first kappa shape index (κ1) is 24.3. The molecule has 0 saturated carbocycles. The molecule has 5 amide bonds. The van der Waals surface area contributed by atoms with Crippen LogP contribution in [0.2, 0.25) is 0 Å². The summed E-state index contributed by atoms with van der Waals surface area (Å²) >= 11 is 0. The molecule has 182 valence electrons. The number of nitrogens with one attached hydrogen (secondary N) is 2. The van der Waals surface area contributed by atoms with Crippen molar-refractivity contribution in [1.82, 2.24) is 10.4 Å². The number of carbonyl (C=O) groups is 5. The van der Waals surface area contributed by atoms with E-state index in [0.29, 0.717) is 16.9 Å². The maximum Gasteiger partial charge on any atom is 0.273 e. The van der Waals surface area contributed by atoms with E-state index in [-0.39, 0.29) is 17.9 Å². The molecule has 1 fully saturated rings. The second kappa shape index (κ2) is 10.2. The van der Waals surface area contributed by atoms with Crippen LogP contribution in [-0.2, 0) is 14.4 Å². The van der Waals surface area contributed by atoms with Crippen LogP contribution in [0.4, 0.5) is 11.4 Å². The van der Waals surface area contributed by atoms with Crippen molar-refractivity contribution < 1.29 is 24.0 Å². The van der Waals surface area contributed by atoms with Gasteiger partial charge in [0.25, 0.3) is 17.7 Å². The predicted octanol–water partition coefficient (Wildman–Crippen LogP) is 3.07. The monoisotopic (exact) mass is 484 g/mol. The minimum atomic E-state index is -1.24. The predicted molar refractivity (Wildman–Crippen MR) is 133 cm³/mol. The van der Waals surface area contributed by atoms with Gasteiger partial charge < -0.3 is 5.32 Å². The number of amides is 5. The van der Waals surface area contributed by atoms with Crippen LogP contribution in [-0.4, -0.2) is 40.6 Å². The highest BCUT2D eigenvalue weighted by atomic mass is 16.2. The molecule has 0 spiro atoms. The molecule has 36 heavy (non-hydrogen) atoms. The summed E-state index contributed by atoms with van der Waals surface area (Å²) in [5.74, 6) is -2.63. The first-order valence-corrected chi connectivity index (χ1v) is 11.3. The molecule has 4 rings (SSSR count). The van der Waals surface area contributed by atoms with E-state index in [9.17, 15) is 24.0 Å². The van der Waals surface area contributed by atoms with Crippen LogP contribution in [0.25, 0.3) is 0 Å². The summed E-state index contributed by atoms with van der Waals surface area (Å²) in [6.07, 6.45) is -0.307. The fourth-order valence-corrected chi connectivity index (χ4v) is 3.94. The van der Waals surface area contributed by atoms with Gasteiger partial charge in [-0.3, -0.25) is 29.4 Å². The van der Waals surface area contributed by atoms with Gasteiger partial charge >= 0.3 is 0 Å². The number of hydrogen-bond donors (Lipinski definition) is 2. The Kier molecular flexibility index (Phi) is 6.91. The zero-order valence-electron chi connectivity index (χ0n) is 19.7. The molecule has 3 aromatic rings. The summed E-state index contributed by atoms with van der Waals surface area (Å²) in [6.45, 7) is 3.20. The van der Waals surface area contributed by atoms with Gasteiger partial charge in [0.2, 0.25) is 11.8 Å². The zero-order chi connectivity index (χ0) is 25.8. The van der Waals surface area contributed by atoms with Gasteiger partial charge in [-0.1, -0.05) is 35.9 Å². The van der Waals surface area contributed by atoms with Crippen molar-refractivity contribution in [3.63, 3.8) is 0 Å². The average Bonchev–Trinajstić information content (AvgIpc) is 3.16. The number of anilines is 2. The molecule has 3 aromatic carbocycles. The fraction of sp³-hybridized carbons (Fsp3) is 0.148. The lowest BCUT2D eigenvalue weighted by atomic mass is 10.1. The molecule has 0 bridgehead atoms.